The van der Waals surface area contributed by atoms with E-state index < -0.39 is 12.0 Å². The molecule has 0 aliphatic rings. The molecule has 12 heavy (non-hydrogen) atoms. The Labute approximate surface area is 66.4 Å². The minimum absolute atomic E-state index is 0.0160. The summed E-state index contributed by atoms with van der Waals surface area (Å²) in [6.45, 7) is 0. The summed E-state index contributed by atoms with van der Waals surface area (Å²) in [7, 11) is 3.12. The van der Waals surface area contributed by atoms with Crippen molar-refractivity contribution in [2.45, 2.75) is 6.18 Å². The first-order chi connectivity index (χ1) is 5.41. The molecule has 1 aromatic heterocycles. The SMILES string of the molecule is CN(C)c1n[nH]c(C(F)(F)F)n1. The van der Waals surface area contributed by atoms with E-state index in [1.807, 2.05) is 0 Å². The van der Waals surface area contributed by atoms with E-state index in [9.17, 15) is 13.2 Å². The van der Waals surface area contributed by atoms with Crippen LogP contribution in [0, 0.1) is 0 Å². The Morgan fingerprint density at radius 2 is 1.92 bits per heavy atom. The van der Waals surface area contributed by atoms with Crippen LogP contribution in [0.5, 0.6) is 0 Å². The number of H-pyrrole nitrogens is 1. The van der Waals surface area contributed by atoms with Gasteiger partial charge in [0.1, 0.15) is 0 Å². The molecule has 0 aliphatic heterocycles. The monoisotopic (exact) mass is 180 g/mol. The van der Waals surface area contributed by atoms with Crippen molar-refractivity contribution in [3.8, 4) is 0 Å². The third kappa shape index (κ3) is 1.66. The van der Waals surface area contributed by atoms with Gasteiger partial charge in [-0.3, -0.25) is 5.10 Å². The van der Waals surface area contributed by atoms with Crippen molar-refractivity contribution < 1.29 is 13.2 Å². The van der Waals surface area contributed by atoms with Gasteiger partial charge in [0.2, 0.25) is 11.8 Å². The smallest absolute Gasteiger partial charge is 0.346 e. The molecule has 1 rings (SSSR count). The fourth-order valence-electron chi connectivity index (χ4n) is 0.580. The van der Waals surface area contributed by atoms with Gasteiger partial charge in [0.15, 0.2) is 0 Å². The maximum absolute atomic E-state index is 11.9. The molecule has 0 saturated heterocycles. The quantitative estimate of drug-likeness (QED) is 0.698. The molecule has 0 amide bonds. The Morgan fingerprint density at radius 1 is 1.33 bits per heavy atom. The van der Waals surface area contributed by atoms with Gasteiger partial charge in [0, 0.05) is 14.1 Å². The van der Waals surface area contributed by atoms with Crippen molar-refractivity contribution in [3.05, 3.63) is 5.82 Å². The number of hydrogen-bond donors (Lipinski definition) is 1. The third-order valence-electron chi connectivity index (χ3n) is 1.14. The van der Waals surface area contributed by atoms with Gasteiger partial charge in [-0.2, -0.15) is 18.2 Å². The first-order valence-electron chi connectivity index (χ1n) is 3.08. The first kappa shape index (κ1) is 8.82. The van der Waals surface area contributed by atoms with E-state index in [0.29, 0.717) is 0 Å². The lowest BCUT2D eigenvalue weighted by Gasteiger charge is -2.04. The molecule has 0 bridgehead atoms. The number of rotatable bonds is 1. The summed E-state index contributed by atoms with van der Waals surface area (Å²) in [5, 5.41) is 5.15. The molecule has 0 atom stereocenters. The van der Waals surface area contributed by atoms with Crippen molar-refractivity contribution in [1.82, 2.24) is 15.2 Å². The lowest BCUT2D eigenvalue weighted by molar-refractivity contribution is -0.144. The molecule has 0 aromatic carbocycles. The highest BCUT2D eigenvalue weighted by molar-refractivity contribution is 5.25. The second-order valence-corrected chi connectivity index (χ2v) is 2.38. The number of alkyl halides is 3. The molecule has 4 nitrogen and oxygen atoms in total. The highest BCUT2D eigenvalue weighted by Crippen LogP contribution is 2.26. The lowest BCUT2D eigenvalue weighted by atomic mass is 10.6. The Balaban J connectivity index is 2.92. The fraction of sp³-hybridized carbons (Fsp3) is 0.600. The van der Waals surface area contributed by atoms with Gasteiger partial charge in [-0.1, -0.05) is 0 Å². The molecule has 0 aliphatic carbocycles. The Hall–Kier alpha value is -1.27. The maximum Gasteiger partial charge on any atom is 0.451 e. The van der Waals surface area contributed by atoms with Crippen molar-refractivity contribution in [1.29, 1.82) is 0 Å². The Kier molecular flexibility index (Phi) is 1.95. The zero-order valence-electron chi connectivity index (χ0n) is 6.48. The topological polar surface area (TPSA) is 44.8 Å². The van der Waals surface area contributed by atoms with Crippen LogP contribution in [0.2, 0.25) is 0 Å². The van der Waals surface area contributed by atoms with Crippen LogP contribution in [-0.2, 0) is 6.18 Å². The van der Waals surface area contributed by atoms with Crippen LogP contribution in [0.3, 0.4) is 0 Å². The normalized spacial score (nSPS) is 11.8. The molecule has 7 heteroatoms. The maximum atomic E-state index is 11.9. The zero-order valence-corrected chi connectivity index (χ0v) is 6.48. The molecule has 0 saturated carbocycles. The van der Waals surface area contributed by atoms with Crippen LogP contribution in [0.25, 0.3) is 0 Å². The number of hydrogen-bond acceptors (Lipinski definition) is 3. The van der Waals surface area contributed by atoms with Gasteiger partial charge in [-0.25, -0.2) is 0 Å². The Morgan fingerprint density at radius 3 is 2.17 bits per heavy atom. The highest BCUT2D eigenvalue weighted by Gasteiger charge is 2.35. The van der Waals surface area contributed by atoms with Gasteiger partial charge in [-0.05, 0) is 0 Å². The molecule has 0 spiro atoms. The predicted octanol–water partition coefficient (Wildman–Crippen LogP) is 0.889. The van der Waals surface area contributed by atoms with E-state index in [2.05, 4.69) is 10.1 Å². The van der Waals surface area contributed by atoms with Crippen LogP contribution in [0.1, 0.15) is 5.82 Å². The average Bonchev–Trinajstić information content (AvgIpc) is 2.30. The summed E-state index contributed by atoms with van der Waals surface area (Å²) in [5.41, 5.74) is 0. The predicted molar refractivity (Wildman–Crippen MR) is 35.7 cm³/mol. The number of halogens is 3. The summed E-state index contributed by atoms with van der Waals surface area (Å²) in [6.07, 6.45) is -4.46. The first-order valence-corrected chi connectivity index (χ1v) is 3.08. The highest BCUT2D eigenvalue weighted by atomic mass is 19.4. The van der Waals surface area contributed by atoms with Crippen LogP contribution in [-0.4, -0.2) is 29.3 Å². The average molecular weight is 180 g/mol. The summed E-state index contributed by atoms with van der Waals surface area (Å²) >= 11 is 0. The second-order valence-electron chi connectivity index (χ2n) is 2.38. The summed E-state index contributed by atoms with van der Waals surface area (Å²) in [6, 6.07) is 0. The molecule has 68 valence electrons. The molecule has 1 N–H and O–H groups in total. The molecule has 1 heterocycles. The van der Waals surface area contributed by atoms with Gasteiger partial charge < -0.3 is 4.90 Å². The summed E-state index contributed by atoms with van der Waals surface area (Å²) < 4.78 is 35.7. The molecule has 0 unspecified atom stereocenters. The molecular formula is C5H7F3N4. The minimum Gasteiger partial charge on any atom is -0.346 e. The number of anilines is 1. The van der Waals surface area contributed by atoms with E-state index in [-0.39, 0.29) is 5.95 Å². The van der Waals surface area contributed by atoms with E-state index in [1.54, 1.807) is 19.2 Å². The number of aromatic nitrogens is 3. The van der Waals surface area contributed by atoms with Gasteiger partial charge >= 0.3 is 6.18 Å². The fourth-order valence-corrected chi connectivity index (χ4v) is 0.580. The van der Waals surface area contributed by atoms with Crippen LogP contribution >= 0.6 is 0 Å². The number of nitrogens with one attached hydrogen (secondary N) is 1. The standard InChI is InChI=1S/C5H7F3N4/c1-12(2)4-9-3(10-11-4)5(6,7)8/h1-2H3,(H,9,10,11). The van der Waals surface area contributed by atoms with Crippen molar-refractivity contribution in [2.24, 2.45) is 0 Å². The number of aromatic amines is 1. The largest absolute Gasteiger partial charge is 0.451 e. The Bertz CT molecular complexity index is 264. The molecular weight excluding hydrogens is 173 g/mol. The minimum atomic E-state index is -4.46. The van der Waals surface area contributed by atoms with Crippen molar-refractivity contribution in [3.63, 3.8) is 0 Å². The van der Waals surface area contributed by atoms with Gasteiger partial charge in [0.25, 0.3) is 0 Å². The van der Waals surface area contributed by atoms with E-state index in [1.165, 1.54) is 4.90 Å². The van der Waals surface area contributed by atoms with Crippen LogP contribution < -0.4 is 4.90 Å². The molecule has 1 aromatic rings. The zero-order chi connectivity index (χ0) is 9.35. The molecule has 0 radical (unpaired) electrons. The third-order valence-corrected chi connectivity index (χ3v) is 1.14. The summed E-state index contributed by atoms with van der Waals surface area (Å²) in [5.74, 6) is -1.06. The molecule has 0 fully saturated rings. The van der Waals surface area contributed by atoms with E-state index >= 15 is 0 Å². The van der Waals surface area contributed by atoms with Gasteiger partial charge in [-0.15, -0.1) is 5.10 Å². The lowest BCUT2D eigenvalue weighted by Crippen LogP contribution is -2.11. The number of nitrogens with zero attached hydrogens (tertiary/aromatic N) is 3. The van der Waals surface area contributed by atoms with Crippen molar-refractivity contribution in [2.75, 3.05) is 19.0 Å². The second kappa shape index (κ2) is 2.65. The van der Waals surface area contributed by atoms with E-state index in [4.69, 9.17) is 0 Å². The van der Waals surface area contributed by atoms with Crippen LogP contribution in [0.15, 0.2) is 0 Å². The summed E-state index contributed by atoms with van der Waals surface area (Å²) in [4.78, 5) is 4.60. The van der Waals surface area contributed by atoms with Gasteiger partial charge in [0.05, 0.1) is 0 Å². The van der Waals surface area contributed by atoms with E-state index in [0.717, 1.165) is 0 Å². The van der Waals surface area contributed by atoms with Crippen molar-refractivity contribution >= 4 is 5.95 Å². The van der Waals surface area contributed by atoms with Crippen LogP contribution in [0.4, 0.5) is 19.1 Å².